The van der Waals surface area contributed by atoms with E-state index < -0.39 is 5.97 Å². The second-order valence-corrected chi connectivity index (χ2v) is 5.89. The Labute approximate surface area is 139 Å². The lowest BCUT2D eigenvalue weighted by molar-refractivity contribution is 0.0728. The lowest BCUT2D eigenvalue weighted by Crippen LogP contribution is -2.11. The van der Waals surface area contributed by atoms with Gasteiger partial charge in [-0.15, -0.1) is 0 Å². The number of hydrogen-bond donors (Lipinski definition) is 0. The average molecular weight is 330 g/mol. The van der Waals surface area contributed by atoms with Crippen molar-refractivity contribution in [1.29, 1.82) is 0 Å². The summed E-state index contributed by atoms with van der Waals surface area (Å²) in [4.78, 5) is 23.4. The number of aryl methyl sites for hydroxylation is 1. The van der Waals surface area contributed by atoms with Crippen molar-refractivity contribution < 1.29 is 19.1 Å². The highest BCUT2D eigenvalue weighted by molar-refractivity contribution is 7.97. The number of aldehydes is 1. The van der Waals surface area contributed by atoms with Gasteiger partial charge in [0.25, 0.3) is 0 Å². The summed E-state index contributed by atoms with van der Waals surface area (Å²) < 4.78 is 10.9. The highest BCUT2D eigenvalue weighted by atomic mass is 32.2. The van der Waals surface area contributed by atoms with E-state index in [-0.39, 0.29) is 0 Å². The molecule has 23 heavy (non-hydrogen) atoms. The van der Waals surface area contributed by atoms with E-state index in [0.29, 0.717) is 28.4 Å². The SMILES string of the molecule is COc1cc(C=O)cc(CSC)c1OC(=O)c1cccc(C)c1. The van der Waals surface area contributed by atoms with Crippen molar-refractivity contribution in [2.45, 2.75) is 12.7 Å². The van der Waals surface area contributed by atoms with Crippen molar-refractivity contribution in [3.8, 4) is 11.5 Å². The molecule has 0 N–H and O–H groups in total. The molecule has 0 bridgehead atoms. The number of methoxy groups -OCH3 is 1. The Morgan fingerprint density at radius 1 is 1.26 bits per heavy atom. The zero-order valence-electron chi connectivity index (χ0n) is 13.3. The summed E-state index contributed by atoms with van der Waals surface area (Å²) in [6, 6.07) is 10.5. The smallest absolute Gasteiger partial charge is 0.343 e. The topological polar surface area (TPSA) is 52.6 Å². The van der Waals surface area contributed by atoms with Gasteiger partial charge in [0, 0.05) is 16.9 Å². The molecule has 0 aliphatic heterocycles. The van der Waals surface area contributed by atoms with Gasteiger partial charge in [-0.3, -0.25) is 4.79 Å². The maximum Gasteiger partial charge on any atom is 0.343 e. The van der Waals surface area contributed by atoms with E-state index in [4.69, 9.17) is 9.47 Å². The molecule has 0 saturated carbocycles. The van der Waals surface area contributed by atoms with E-state index in [9.17, 15) is 9.59 Å². The first-order chi connectivity index (χ1) is 11.1. The number of benzene rings is 2. The second kappa shape index (κ2) is 7.83. The molecule has 2 rings (SSSR count). The van der Waals surface area contributed by atoms with E-state index >= 15 is 0 Å². The van der Waals surface area contributed by atoms with Gasteiger partial charge in [-0.05, 0) is 37.4 Å². The van der Waals surface area contributed by atoms with Crippen LogP contribution in [0.3, 0.4) is 0 Å². The van der Waals surface area contributed by atoms with Crippen LogP contribution in [0.2, 0.25) is 0 Å². The van der Waals surface area contributed by atoms with E-state index in [1.165, 1.54) is 7.11 Å². The molecule has 0 saturated heterocycles. The third kappa shape index (κ3) is 4.13. The van der Waals surface area contributed by atoms with Crippen molar-refractivity contribution >= 4 is 24.0 Å². The van der Waals surface area contributed by atoms with Gasteiger partial charge in [-0.1, -0.05) is 17.7 Å². The van der Waals surface area contributed by atoms with Crippen molar-refractivity contribution in [3.05, 3.63) is 58.7 Å². The minimum absolute atomic E-state index is 0.360. The fourth-order valence-corrected chi connectivity index (χ4v) is 2.73. The van der Waals surface area contributed by atoms with Gasteiger partial charge in [0.1, 0.15) is 6.29 Å². The molecule has 0 atom stereocenters. The predicted octanol–water partition coefficient (Wildman–Crippen LogP) is 3.90. The third-order valence-corrected chi connectivity index (χ3v) is 3.86. The summed E-state index contributed by atoms with van der Waals surface area (Å²) in [7, 11) is 1.48. The van der Waals surface area contributed by atoms with Gasteiger partial charge in [-0.2, -0.15) is 11.8 Å². The summed E-state index contributed by atoms with van der Waals surface area (Å²) in [6.07, 6.45) is 2.69. The number of rotatable bonds is 6. The number of hydrogen-bond acceptors (Lipinski definition) is 5. The van der Waals surface area contributed by atoms with Gasteiger partial charge in [-0.25, -0.2) is 4.79 Å². The second-order valence-electron chi connectivity index (χ2n) is 5.02. The summed E-state index contributed by atoms with van der Waals surface area (Å²) >= 11 is 1.57. The van der Waals surface area contributed by atoms with Crippen LogP contribution in [0.1, 0.15) is 31.8 Å². The largest absolute Gasteiger partial charge is 0.493 e. The van der Waals surface area contributed by atoms with Crippen LogP contribution in [0, 0.1) is 6.92 Å². The molecular formula is C18H18O4S. The quantitative estimate of drug-likeness (QED) is 0.457. The Kier molecular flexibility index (Phi) is 5.82. The Morgan fingerprint density at radius 2 is 2.04 bits per heavy atom. The Balaban J connectivity index is 2.40. The van der Waals surface area contributed by atoms with E-state index in [2.05, 4.69) is 0 Å². The lowest BCUT2D eigenvalue weighted by Gasteiger charge is -2.14. The molecule has 120 valence electrons. The maximum atomic E-state index is 12.4. The van der Waals surface area contributed by atoms with Crippen LogP contribution in [0.15, 0.2) is 36.4 Å². The molecule has 0 radical (unpaired) electrons. The fourth-order valence-electron chi connectivity index (χ4n) is 2.21. The monoisotopic (exact) mass is 330 g/mol. The van der Waals surface area contributed by atoms with Gasteiger partial charge < -0.3 is 9.47 Å². The molecule has 0 unspecified atom stereocenters. The minimum Gasteiger partial charge on any atom is -0.493 e. The minimum atomic E-state index is -0.451. The number of carbonyl (C=O) groups excluding carboxylic acids is 2. The fraction of sp³-hybridized carbons (Fsp3) is 0.222. The third-order valence-electron chi connectivity index (χ3n) is 3.26. The van der Waals surface area contributed by atoms with Gasteiger partial charge >= 0.3 is 5.97 Å². The van der Waals surface area contributed by atoms with Crippen LogP contribution in [-0.2, 0) is 5.75 Å². The zero-order valence-corrected chi connectivity index (χ0v) is 14.1. The Bertz CT molecular complexity index is 725. The summed E-state index contributed by atoms with van der Waals surface area (Å²) in [5, 5.41) is 0. The normalized spacial score (nSPS) is 10.2. The summed E-state index contributed by atoms with van der Waals surface area (Å²) in [6.45, 7) is 1.91. The zero-order chi connectivity index (χ0) is 16.8. The predicted molar refractivity (Wildman–Crippen MR) is 91.7 cm³/mol. The van der Waals surface area contributed by atoms with Crippen LogP contribution < -0.4 is 9.47 Å². The number of ether oxygens (including phenoxy) is 2. The molecule has 0 aliphatic rings. The highest BCUT2D eigenvalue weighted by Gasteiger charge is 2.18. The molecule has 5 heteroatoms. The van der Waals surface area contributed by atoms with Crippen LogP contribution >= 0.6 is 11.8 Å². The first-order valence-corrected chi connectivity index (χ1v) is 8.42. The molecule has 0 aromatic heterocycles. The van der Waals surface area contributed by atoms with Crippen LogP contribution in [0.4, 0.5) is 0 Å². The van der Waals surface area contributed by atoms with Crippen molar-refractivity contribution in [2.75, 3.05) is 13.4 Å². The Hall–Kier alpha value is -2.27. The molecule has 0 amide bonds. The molecule has 0 spiro atoms. The first kappa shape index (κ1) is 17.1. The van der Waals surface area contributed by atoms with Crippen molar-refractivity contribution in [3.63, 3.8) is 0 Å². The molecular weight excluding hydrogens is 312 g/mol. The van der Waals surface area contributed by atoms with E-state index in [1.54, 1.807) is 42.1 Å². The molecule has 2 aromatic carbocycles. The maximum absolute atomic E-state index is 12.4. The number of esters is 1. The van der Waals surface area contributed by atoms with Gasteiger partial charge in [0.2, 0.25) is 0 Å². The molecule has 0 fully saturated rings. The first-order valence-electron chi connectivity index (χ1n) is 7.03. The van der Waals surface area contributed by atoms with Crippen molar-refractivity contribution in [2.24, 2.45) is 0 Å². The molecule has 2 aromatic rings. The van der Waals surface area contributed by atoms with E-state index in [0.717, 1.165) is 17.4 Å². The number of carbonyl (C=O) groups is 2. The molecule has 0 aliphatic carbocycles. The van der Waals surface area contributed by atoms with Crippen LogP contribution in [0.5, 0.6) is 11.5 Å². The molecule has 4 nitrogen and oxygen atoms in total. The van der Waals surface area contributed by atoms with Crippen LogP contribution in [-0.4, -0.2) is 25.6 Å². The standard InChI is InChI=1S/C18H18O4S/c1-12-5-4-6-14(7-12)18(20)22-17-15(11-23-3)8-13(10-19)9-16(17)21-2/h4-10H,11H2,1-3H3. The van der Waals surface area contributed by atoms with E-state index in [1.807, 2.05) is 19.2 Å². The van der Waals surface area contributed by atoms with Gasteiger partial charge in [0.15, 0.2) is 11.5 Å². The average Bonchev–Trinajstić information content (AvgIpc) is 2.56. The number of thioether (sulfide) groups is 1. The summed E-state index contributed by atoms with van der Waals surface area (Å²) in [5.41, 5.74) is 2.69. The Morgan fingerprint density at radius 3 is 2.65 bits per heavy atom. The highest BCUT2D eigenvalue weighted by Crippen LogP contribution is 2.35. The van der Waals surface area contributed by atoms with Gasteiger partial charge in [0.05, 0.1) is 12.7 Å². The molecule has 0 heterocycles. The summed E-state index contributed by atoms with van der Waals surface area (Å²) in [5.74, 6) is 0.890. The lowest BCUT2D eigenvalue weighted by atomic mass is 10.1. The van der Waals surface area contributed by atoms with Crippen LogP contribution in [0.25, 0.3) is 0 Å². The van der Waals surface area contributed by atoms with Crippen molar-refractivity contribution in [1.82, 2.24) is 0 Å².